The van der Waals surface area contributed by atoms with Crippen molar-refractivity contribution in [1.82, 2.24) is 4.90 Å². The second-order valence-electron chi connectivity index (χ2n) is 10.2. The van der Waals surface area contributed by atoms with Crippen molar-refractivity contribution in [2.45, 2.75) is 45.7 Å². The van der Waals surface area contributed by atoms with E-state index in [2.05, 4.69) is 93.9 Å². The molecular weight excluding hydrogens is 412 g/mol. The Morgan fingerprint density at radius 2 is 1.79 bits per heavy atom. The Hall–Kier alpha value is -2.73. The minimum atomic E-state index is -0.0833. The van der Waals surface area contributed by atoms with E-state index in [0.717, 1.165) is 35.8 Å². The van der Waals surface area contributed by atoms with Crippen molar-refractivity contribution in [3.63, 3.8) is 0 Å². The van der Waals surface area contributed by atoms with Crippen LogP contribution in [0.2, 0.25) is 0 Å². The van der Waals surface area contributed by atoms with Gasteiger partial charge in [-0.05, 0) is 53.8 Å². The van der Waals surface area contributed by atoms with Crippen molar-refractivity contribution < 1.29 is 9.47 Å². The zero-order chi connectivity index (χ0) is 24.5. The number of likely N-dealkylation sites (N-methyl/N-ethyl adjacent to an activating group) is 1. The first-order chi connectivity index (χ1) is 15.5. The van der Waals surface area contributed by atoms with Crippen LogP contribution in [-0.2, 0) is 16.7 Å². The fourth-order valence-corrected chi connectivity index (χ4v) is 4.43. The summed E-state index contributed by atoms with van der Waals surface area (Å²) in [5, 5.41) is 8.89. The summed E-state index contributed by atoms with van der Waals surface area (Å²) in [7, 11) is 9.65. The quantitative estimate of drug-likeness (QED) is 0.608. The number of amidine groups is 1. The van der Waals surface area contributed by atoms with E-state index < -0.39 is 0 Å². The number of fused-ring (bicyclic) bond motifs is 1. The first-order valence-corrected chi connectivity index (χ1v) is 11.6. The smallest absolute Gasteiger partial charge is 0.145 e. The summed E-state index contributed by atoms with van der Waals surface area (Å²) in [6.45, 7) is 11.0. The second kappa shape index (κ2) is 9.64. The summed E-state index contributed by atoms with van der Waals surface area (Å²) in [6, 6.07) is 10.9. The molecule has 1 aliphatic heterocycles. The fraction of sp³-hybridized carbons (Fsp3) is 0.519. The second-order valence-corrected chi connectivity index (χ2v) is 10.2. The van der Waals surface area contributed by atoms with Gasteiger partial charge in [0.15, 0.2) is 0 Å². The minimum Gasteiger partial charge on any atom is -0.494 e. The first-order valence-electron chi connectivity index (χ1n) is 11.6. The number of methoxy groups -OCH3 is 2. The maximum Gasteiger partial charge on any atom is 0.145 e. The molecule has 0 amide bonds. The highest BCUT2D eigenvalue weighted by Crippen LogP contribution is 2.42. The van der Waals surface area contributed by atoms with Gasteiger partial charge in [0.1, 0.15) is 11.6 Å². The average molecular weight is 453 g/mol. The van der Waals surface area contributed by atoms with Crippen LogP contribution in [-0.4, -0.2) is 59.2 Å². The Morgan fingerprint density at radius 1 is 1.09 bits per heavy atom. The summed E-state index contributed by atoms with van der Waals surface area (Å²) in [6.07, 6.45) is 0. The number of anilines is 2. The molecule has 0 saturated carbocycles. The lowest BCUT2D eigenvalue weighted by Crippen LogP contribution is -2.29. The standard InChI is InChI=1S/C27H40N4O2/c1-18(31-17-20-14-21(29(5)6)10-11-22(20)26(31)28)19-15-23(27(2,3)4)25(33-9)24(16-19)30(7)12-13-32-8/h10-11,14-16,18,28H,12-13,17H2,1-9H3. The molecule has 0 aromatic heterocycles. The van der Waals surface area contributed by atoms with Gasteiger partial charge in [0.25, 0.3) is 0 Å². The number of nitrogens with zero attached hydrogens (tertiary/aromatic N) is 3. The lowest BCUT2D eigenvalue weighted by molar-refractivity contribution is 0.206. The normalized spacial score (nSPS) is 14.3. The lowest BCUT2D eigenvalue weighted by atomic mass is 9.83. The maximum atomic E-state index is 8.89. The monoisotopic (exact) mass is 452 g/mol. The Labute approximate surface area is 199 Å². The molecule has 33 heavy (non-hydrogen) atoms. The molecule has 0 radical (unpaired) electrons. The summed E-state index contributed by atoms with van der Waals surface area (Å²) in [5.41, 5.74) is 6.73. The van der Waals surface area contributed by atoms with Gasteiger partial charge in [0.2, 0.25) is 0 Å². The van der Waals surface area contributed by atoms with Crippen molar-refractivity contribution >= 4 is 17.2 Å². The van der Waals surface area contributed by atoms with Gasteiger partial charge in [-0.1, -0.05) is 20.8 Å². The topological polar surface area (TPSA) is 52.0 Å². The summed E-state index contributed by atoms with van der Waals surface area (Å²) < 4.78 is 11.2. The molecule has 1 aliphatic rings. The fourth-order valence-electron chi connectivity index (χ4n) is 4.43. The van der Waals surface area contributed by atoms with Gasteiger partial charge >= 0.3 is 0 Å². The Morgan fingerprint density at radius 3 is 2.36 bits per heavy atom. The molecule has 1 unspecified atom stereocenters. The van der Waals surface area contributed by atoms with Crippen LogP contribution in [0.25, 0.3) is 0 Å². The van der Waals surface area contributed by atoms with Crippen molar-refractivity contribution in [2.24, 2.45) is 0 Å². The van der Waals surface area contributed by atoms with Crippen molar-refractivity contribution in [2.75, 3.05) is 58.3 Å². The molecule has 0 fully saturated rings. The van der Waals surface area contributed by atoms with Crippen LogP contribution in [0.3, 0.4) is 0 Å². The van der Waals surface area contributed by atoms with E-state index in [4.69, 9.17) is 14.9 Å². The minimum absolute atomic E-state index is 0.0503. The van der Waals surface area contributed by atoms with Gasteiger partial charge in [-0.2, -0.15) is 0 Å². The van der Waals surface area contributed by atoms with Gasteiger partial charge < -0.3 is 24.2 Å². The number of ether oxygens (including phenoxy) is 2. The molecule has 2 aromatic rings. The van der Waals surface area contributed by atoms with E-state index in [-0.39, 0.29) is 11.5 Å². The number of rotatable bonds is 8. The van der Waals surface area contributed by atoms with Crippen molar-refractivity contribution in [1.29, 1.82) is 5.41 Å². The Bertz CT molecular complexity index is 1010. The summed E-state index contributed by atoms with van der Waals surface area (Å²) in [4.78, 5) is 6.50. The third kappa shape index (κ3) is 4.96. The molecule has 0 saturated heterocycles. The third-order valence-corrected chi connectivity index (χ3v) is 6.58. The highest BCUT2D eigenvalue weighted by molar-refractivity contribution is 6.01. The lowest BCUT2D eigenvalue weighted by Gasteiger charge is -2.32. The highest BCUT2D eigenvalue weighted by Gasteiger charge is 2.31. The molecule has 1 heterocycles. The largest absolute Gasteiger partial charge is 0.494 e. The molecule has 0 spiro atoms. The number of hydrogen-bond donors (Lipinski definition) is 1. The van der Waals surface area contributed by atoms with E-state index in [1.807, 2.05) is 0 Å². The molecule has 180 valence electrons. The molecule has 6 heteroatoms. The highest BCUT2D eigenvalue weighted by atomic mass is 16.5. The average Bonchev–Trinajstić information content (AvgIpc) is 3.11. The zero-order valence-electron chi connectivity index (χ0n) is 21.7. The maximum absolute atomic E-state index is 8.89. The van der Waals surface area contributed by atoms with Gasteiger partial charge in [-0.25, -0.2) is 0 Å². The molecule has 1 atom stereocenters. The van der Waals surface area contributed by atoms with E-state index in [1.165, 1.54) is 16.7 Å². The van der Waals surface area contributed by atoms with Crippen LogP contribution in [0.4, 0.5) is 11.4 Å². The predicted molar refractivity (Wildman–Crippen MR) is 138 cm³/mol. The van der Waals surface area contributed by atoms with Crippen molar-refractivity contribution in [3.8, 4) is 5.75 Å². The van der Waals surface area contributed by atoms with Gasteiger partial charge in [0, 0.05) is 58.2 Å². The van der Waals surface area contributed by atoms with Crippen LogP contribution in [0.5, 0.6) is 5.75 Å². The molecular formula is C27H40N4O2. The summed E-state index contributed by atoms with van der Waals surface area (Å²) >= 11 is 0. The van der Waals surface area contributed by atoms with Crippen LogP contribution in [0.15, 0.2) is 30.3 Å². The van der Waals surface area contributed by atoms with E-state index in [1.54, 1.807) is 14.2 Å². The van der Waals surface area contributed by atoms with Crippen LogP contribution in [0.1, 0.15) is 56.0 Å². The molecule has 0 aliphatic carbocycles. The molecule has 2 aromatic carbocycles. The van der Waals surface area contributed by atoms with Crippen LogP contribution in [0, 0.1) is 5.41 Å². The van der Waals surface area contributed by atoms with Gasteiger partial charge in [-0.15, -0.1) is 0 Å². The van der Waals surface area contributed by atoms with Crippen LogP contribution < -0.4 is 14.5 Å². The molecule has 1 N–H and O–H groups in total. The van der Waals surface area contributed by atoms with Crippen molar-refractivity contribution in [3.05, 3.63) is 52.6 Å². The molecule has 0 bridgehead atoms. The Balaban J connectivity index is 2.03. The molecule has 3 rings (SSSR count). The SMILES string of the molecule is COCCN(C)c1cc(C(C)N2Cc3cc(N(C)C)ccc3C2=N)cc(C(C)(C)C)c1OC. The van der Waals surface area contributed by atoms with E-state index >= 15 is 0 Å². The number of hydrogen-bond acceptors (Lipinski definition) is 5. The number of benzene rings is 2. The Kier molecular flexibility index (Phi) is 7.27. The predicted octanol–water partition coefficient (Wildman–Crippen LogP) is 5.04. The van der Waals surface area contributed by atoms with E-state index in [0.29, 0.717) is 12.4 Å². The summed E-state index contributed by atoms with van der Waals surface area (Å²) in [5.74, 6) is 1.50. The number of nitrogens with one attached hydrogen (secondary N) is 1. The van der Waals surface area contributed by atoms with Gasteiger partial charge in [-0.3, -0.25) is 5.41 Å². The zero-order valence-corrected chi connectivity index (χ0v) is 21.7. The first kappa shape index (κ1) is 24.9. The van der Waals surface area contributed by atoms with Gasteiger partial charge in [0.05, 0.1) is 25.4 Å². The van der Waals surface area contributed by atoms with Crippen LogP contribution >= 0.6 is 0 Å². The molecule has 6 nitrogen and oxygen atoms in total. The third-order valence-electron chi connectivity index (χ3n) is 6.58. The van der Waals surface area contributed by atoms with E-state index in [9.17, 15) is 0 Å².